The van der Waals surface area contributed by atoms with E-state index in [9.17, 15) is 14.4 Å². The van der Waals surface area contributed by atoms with Crippen molar-refractivity contribution >= 4 is 29.6 Å². The van der Waals surface area contributed by atoms with Crippen molar-refractivity contribution in [2.45, 2.75) is 33.2 Å². The quantitative estimate of drug-likeness (QED) is 0.562. The minimum Gasteiger partial charge on any atom is -0.463 e. The lowest BCUT2D eigenvalue weighted by Gasteiger charge is -2.29. The van der Waals surface area contributed by atoms with Crippen LogP contribution in [0, 0.1) is 13.8 Å². The molecule has 2 amide bonds. The van der Waals surface area contributed by atoms with Gasteiger partial charge in [0.25, 0.3) is 0 Å². The van der Waals surface area contributed by atoms with Gasteiger partial charge in [0.15, 0.2) is 0 Å². The maximum atomic E-state index is 12.7. The molecule has 1 aromatic carbocycles. The Bertz CT molecular complexity index is 1010. The number of aromatic nitrogens is 2. The molecule has 164 valence electrons. The topological polar surface area (TPSA) is 122 Å². The second-order valence-electron chi connectivity index (χ2n) is 6.95. The average molecular weight is 447 g/mol. The van der Waals surface area contributed by atoms with E-state index in [1.807, 2.05) is 6.92 Å². The number of hydrogen-bond donors (Lipinski definition) is 3. The predicted molar refractivity (Wildman–Crippen MR) is 112 cm³/mol. The van der Waals surface area contributed by atoms with E-state index in [1.165, 1.54) is 0 Å². The van der Waals surface area contributed by atoms with Gasteiger partial charge in [0.05, 0.1) is 36.0 Å². The highest BCUT2D eigenvalue weighted by Crippen LogP contribution is 2.29. The molecular formula is C21H23ClN4O5. The molecule has 2 aromatic rings. The predicted octanol–water partition coefficient (Wildman–Crippen LogP) is 2.64. The highest BCUT2D eigenvalue weighted by atomic mass is 35.5. The first kappa shape index (κ1) is 22.4. The molecule has 0 fully saturated rings. The van der Waals surface area contributed by atoms with Gasteiger partial charge in [0.2, 0.25) is 0 Å². The number of halogens is 1. The summed E-state index contributed by atoms with van der Waals surface area (Å²) in [5, 5.41) is 12.7. The zero-order valence-corrected chi connectivity index (χ0v) is 18.1. The van der Waals surface area contributed by atoms with Crippen molar-refractivity contribution in [3.8, 4) is 0 Å². The van der Waals surface area contributed by atoms with Gasteiger partial charge in [-0.05, 0) is 38.5 Å². The molecule has 0 bridgehead atoms. The molecule has 0 saturated carbocycles. The summed E-state index contributed by atoms with van der Waals surface area (Å²) in [4.78, 5) is 37.3. The summed E-state index contributed by atoms with van der Waals surface area (Å²) < 4.78 is 10.5. The Balaban J connectivity index is 1.86. The van der Waals surface area contributed by atoms with Crippen LogP contribution in [-0.2, 0) is 25.5 Å². The van der Waals surface area contributed by atoms with E-state index in [0.29, 0.717) is 16.3 Å². The van der Waals surface area contributed by atoms with E-state index in [2.05, 4.69) is 20.8 Å². The summed E-state index contributed by atoms with van der Waals surface area (Å²) in [6.07, 6.45) is 0.0169. The van der Waals surface area contributed by atoms with Crippen LogP contribution in [0.15, 0.2) is 35.5 Å². The third-order valence-electron chi connectivity index (χ3n) is 4.83. The van der Waals surface area contributed by atoms with Gasteiger partial charge in [0, 0.05) is 16.3 Å². The Labute approximate surface area is 184 Å². The number of carbonyl (C=O) groups excluding carboxylic acids is 3. The Morgan fingerprint density at radius 2 is 1.87 bits per heavy atom. The van der Waals surface area contributed by atoms with Crippen LogP contribution < -0.4 is 10.6 Å². The fourth-order valence-corrected chi connectivity index (χ4v) is 3.40. The van der Waals surface area contributed by atoms with Gasteiger partial charge in [-0.3, -0.25) is 9.89 Å². The van der Waals surface area contributed by atoms with Crippen molar-refractivity contribution in [3.05, 3.63) is 63.1 Å². The van der Waals surface area contributed by atoms with Crippen LogP contribution in [0.25, 0.3) is 0 Å². The Kier molecular flexibility index (Phi) is 6.96. The fraction of sp³-hybridized carbons (Fsp3) is 0.333. The number of ether oxygens (including phenoxy) is 2. The van der Waals surface area contributed by atoms with E-state index in [0.717, 1.165) is 11.3 Å². The fourth-order valence-electron chi connectivity index (χ4n) is 3.27. The number of rotatable bonds is 7. The molecule has 1 aliphatic rings. The van der Waals surface area contributed by atoms with E-state index in [-0.39, 0.29) is 30.9 Å². The Morgan fingerprint density at radius 3 is 2.48 bits per heavy atom. The van der Waals surface area contributed by atoms with Crippen LogP contribution in [-0.4, -0.2) is 41.4 Å². The number of nitrogens with zero attached hydrogens (tertiary/aromatic N) is 1. The Hall–Kier alpha value is -3.33. The van der Waals surface area contributed by atoms with Crippen LogP contribution >= 0.6 is 11.6 Å². The molecule has 3 N–H and O–H groups in total. The first-order valence-electron chi connectivity index (χ1n) is 9.69. The molecule has 1 aromatic heterocycles. The summed E-state index contributed by atoms with van der Waals surface area (Å²) in [5.41, 5.74) is 3.19. The highest BCUT2D eigenvalue weighted by Gasteiger charge is 2.34. The number of aryl methyl sites for hydroxylation is 2. The van der Waals surface area contributed by atoms with Crippen LogP contribution in [0.1, 0.15) is 35.5 Å². The largest absolute Gasteiger partial charge is 0.463 e. The van der Waals surface area contributed by atoms with Crippen molar-refractivity contribution in [1.29, 1.82) is 0 Å². The number of aromatic amines is 1. The zero-order chi connectivity index (χ0) is 22.5. The number of esters is 2. The number of H-pyrrole nitrogens is 1. The number of nitrogens with one attached hydrogen (secondary N) is 3. The molecule has 0 aliphatic carbocycles. The standard InChI is InChI=1S/C21H23ClN4O5/c1-4-30-20(28)18-16(10-31-17(27)9-15-11(2)25-26-12(15)3)23-21(29)24-19(18)13-5-7-14(22)8-6-13/h5-8,19H,4,9-10H2,1-3H3,(H,25,26)(H2,23,24,29). The minimum absolute atomic E-state index is 0.0169. The SMILES string of the molecule is CCOC(=O)C1=C(COC(=O)Cc2c(C)n[nH]c2C)NC(=O)NC1c1ccc(Cl)cc1. The number of benzene rings is 1. The van der Waals surface area contributed by atoms with E-state index >= 15 is 0 Å². The van der Waals surface area contributed by atoms with Crippen LogP contribution in [0.4, 0.5) is 4.79 Å². The molecule has 0 spiro atoms. The maximum Gasteiger partial charge on any atom is 0.338 e. The number of urea groups is 1. The van der Waals surface area contributed by atoms with Crippen molar-refractivity contribution in [2.24, 2.45) is 0 Å². The van der Waals surface area contributed by atoms with Crippen molar-refractivity contribution in [2.75, 3.05) is 13.2 Å². The lowest BCUT2D eigenvalue weighted by Crippen LogP contribution is -2.47. The maximum absolute atomic E-state index is 12.7. The van der Waals surface area contributed by atoms with Gasteiger partial charge in [0.1, 0.15) is 6.61 Å². The molecule has 9 nitrogen and oxygen atoms in total. The molecule has 10 heteroatoms. The van der Waals surface area contributed by atoms with Gasteiger partial charge in [-0.2, -0.15) is 5.10 Å². The smallest absolute Gasteiger partial charge is 0.338 e. The number of amides is 2. The van der Waals surface area contributed by atoms with Crippen LogP contribution in [0.2, 0.25) is 5.02 Å². The second-order valence-corrected chi connectivity index (χ2v) is 7.38. The third kappa shape index (κ3) is 5.24. The molecule has 3 rings (SSSR count). The summed E-state index contributed by atoms with van der Waals surface area (Å²) in [6.45, 7) is 5.14. The zero-order valence-electron chi connectivity index (χ0n) is 17.4. The van der Waals surface area contributed by atoms with E-state index in [4.69, 9.17) is 21.1 Å². The van der Waals surface area contributed by atoms with Crippen LogP contribution in [0.5, 0.6) is 0 Å². The molecular weight excluding hydrogens is 424 g/mol. The number of hydrogen-bond acceptors (Lipinski definition) is 6. The van der Waals surface area contributed by atoms with E-state index < -0.39 is 24.0 Å². The van der Waals surface area contributed by atoms with Crippen molar-refractivity contribution < 1.29 is 23.9 Å². The molecule has 31 heavy (non-hydrogen) atoms. The van der Waals surface area contributed by atoms with Gasteiger partial charge >= 0.3 is 18.0 Å². The summed E-state index contributed by atoms with van der Waals surface area (Å²) >= 11 is 5.95. The molecule has 1 atom stereocenters. The first-order valence-corrected chi connectivity index (χ1v) is 10.1. The summed E-state index contributed by atoms with van der Waals surface area (Å²) in [7, 11) is 0. The van der Waals surface area contributed by atoms with Gasteiger partial charge in [-0.1, -0.05) is 23.7 Å². The lowest BCUT2D eigenvalue weighted by atomic mass is 9.95. The summed E-state index contributed by atoms with van der Waals surface area (Å²) in [5.74, 6) is -1.14. The minimum atomic E-state index is -0.780. The van der Waals surface area contributed by atoms with Crippen molar-refractivity contribution in [1.82, 2.24) is 20.8 Å². The van der Waals surface area contributed by atoms with Gasteiger partial charge < -0.3 is 20.1 Å². The van der Waals surface area contributed by atoms with Crippen molar-refractivity contribution in [3.63, 3.8) is 0 Å². The first-order chi connectivity index (χ1) is 14.8. The molecule has 2 heterocycles. The molecule has 1 aliphatic heterocycles. The second kappa shape index (κ2) is 9.65. The summed E-state index contributed by atoms with van der Waals surface area (Å²) in [6, 6.07) is 5.40. The van der Waals surface area contributed by atoms with Gasteiger partial charge in [-0.15, -0.1) is 0 Å². The Morgan fingerprint density at radius 1 is 1.16 bits per heavy atom. The molecule has 0 radical (unpaired) electrons. The normalized spacial score (nSPS) is 15.9. The lowest BCUT2D eigenvalue weighted by molar-refractivity contribution is -0.143. The van der Waals surface area contributed by atoms with Gasteiger partial charge in [-0.25, -0.2) is 9.59 Å². The van der Waals surface area contributed by atoms with E-state index in [1.54, 1.807) is 38.1 Å². The third-order valence-corrected chi connectivity index (χ3v) is 5.08. The molecule has 1 unspecified atom stereocenters. The van der Waals surface area contributed by atoms with Crippen LogP contribution in [0.3, 0.4) is 0 Å². The monoisotopic (exact) mass is 446 g/mol. The molecule has 0 saturated heterocycles. The highest BCUT2D eigenvalue weighted by molar-refractivity contribution is 6.30. The number of carbonyl (C=O) groups is 3. The average Bonchev–Trinajstić information content (AvgIpc) is 3.04.